The fourth-order valence-electron chi connectivity index (χ4n) is 1.79. The maximum atomic E-state index is 9.99. The van der Waals surface area contributed by atoms with Crippen LogP contribution in [-0.2, 0) is 4.74 Å². The average molecular weight is 201 g/mol. The molecule has 0 aliphatic carbocycles. The van der Waals surface area contributed by atoms with Gasteiger partial charge in [-0.15, -0.1) is 0 Å². The summed E-state index contributed by atoms with van der Waals surface area (Å²) >= 11 is 0. The van der Waals surface area contributed by atoms with Gasteiger partial charge in [-0.2, -0.15) is 0 Å². The van der Waals surface area contributed by atoms with Gasteiger partial charge in [-0.1, -0.05) is 13.8 Å². The number of rotatable bonds is 6. The molecular formula is C11H23NO2. The van der Waals surface area contributed by atoms with E-state index < -0.39 is 5.60 Å². The number of β-amino-alcohol motifs (C(OH)–C–C–N with tert-alkyl or cyclic N) is 1. The van der Waals surface area contributed by atoms with Crippen molar-refractivity contribution >= 4 is 0 Å². The van der Waals surface area contributed by atoms with Crippen molar-refractivity contribution in [2.24, 2.45) is 5.92 Å². The van der Waals surface area contributed by atoms with Gasteiger partial charge in [0.05, 0.1) is 5.60 Å². The highest BCUT2D eigenvalue weighted by molar-refractivity contribution is 4.97. The Morgan fingerprint density at radius 2 is 2.07 bits per heavy atom. The highest BCUT2D eigenvalue weighted by Crippen LogP contribution is 2.28. The molecule has 0 spiro atoms. The fraction of sp³-hybridized carbons (Fsp3) is 1.00. The lowest BCUT2D eigenvalue weighted by molar-refractivity contribution is -0.128. The van der Waals surface area contributed by atoms with Gasteiger partial charge < -0.3 is 9.84 Å². The maximum absolute atomic E-state index is 9.99. The number of nitrogens with zero attached hydrogens (tertiary/aromatic N) is 1. The molecule has 1 aliphatic rings. The molecule has 0 saturated carbocycles. The van der Waals surface area contributed by atoms with Gasteiger partial charge in [-0.3, -0.25) is 4.90 Å². The van der Waals surface area contributed by atoms with Crippen LogP contribution in [0.25, 0.3) is 0 Å². The molecule has 0 aromatic heterocycles. The van der Waals surface area contributed by atoms with Crippen LogP contribution in [0, 0.1) is 5.92 Å². The molecular weight excluding hydrogens is 178 g/mol. The van der Waals surface area contributed by atoms with Crippen molar-refractivity contribution in [2.45, 2.75) is 32.8 Å². The summed E-state index contributed by atoms with van der Waals surface area (Å²) in [7, 11) is 0. The van der Waals surface area contributed by atoms with E-state index in [0.29, 0.717) is 5.92 Å². The molecule has 1 saturated heterocycles. The van der Waals surface area contributed by atoms with Crippen LogP contribution in [0.3, 0.4) is 0 Å². The van der Waals surface area contributed by atoms with Crippen LogP contribution < -0.4 is 0 Å². The van der Waals surface area contributed by atoms with E-state index >= 15 is 0 Å². The fourth-order valence-corrected chi connectivity index (χ4v) is 1.79. The summed E-state index contributed by atoms with van der Waals surface area (Å²) < 4.78 is 5.26. The summed E-state index contributed by atoms with van der Waals surface area (Å²) in [6.45, 7) is 10.5. The maximum Gasteiger partial charge on any atom is 0.0922 e. The molecule has 3 heteroatoms. The molecule has 0 amide bonds. The lowest BCUT2D eigenvalue weighted by Gasteiger charge is -2.49. The molecule has 0 aromatic carbocycles. The molecule has 1 fully saturated rings. The van der Waals surface area contributed by atoms with Crippen molar-refractivity contribution in [3.8, 4) is 0 Å². The predicted octanol–water partition coefficient (Wildman–Crippen LogP) is 1.12. The van der Waals surface area contributed by atoms with Gasteiger partial charge in [-0.05, 0) is 19.3 Å². The van der Waals surface area contributed by atoms with Crippen molar-refractivity contribution in [3.63, 3.8) is 0 Å². The zero-order valence-corrected chi connectivity index (χ0v) is 9.62. The summed E-state index contributed by atoms with van der Waals surface area (Å²) in [5.74, 6) is 0.366. The van der Waals surface area contributed by atoms with E-state index in [1.165, 1.54) is 0 Å². The van der Waals surface area contributed by atoms with E-state index in [1.807, 2.05) is 6.92 Å². The topological polar surface area (TPSA) is 32.7 Å². The Morgan fingerprint density at radius 3 is 2.57 bits per heavy atom. The molecule has 84 valence electrons. The van der Waals surface area contributed by atoms with E-state index in [1.54, 1.807) is 0 Å². The van der Waals surface area contributed by atoms with Gasteiger partial charge in [0.15, 0.2) is 0 Å². The van der Waals surface area contributed by atoms with E-state index in [9.17, 15) is 5.11 Å². The Balaban J connectivity index is 2.04. The molecule has 0 unspecified atom stereocenters. The number of hydrogen-bond acceptors (Lipinski definition) is 3. The zero-order valence-electron chi connectivity index (χ0n) is 9.62. The Kier molecular flexibility index (Phi) is 4.35. The predicted molar refractivity (Wildman–Crippen MR) is 57.3 cm³/mol. The zero-order chi connectivity index (χ0) is 10.6. The lowest BCUT2D eigenvalue weighted by atomic mass is 9.83. The summed E-state index contributed by atoms with van der Waals surface area (Å²) in [5.41, 5.74) is -0.425. The Labute approximate surface area is 87.1 Å². The minimum absolute atomic E-state index is 0.366. The Hall–Kier alpha value is -0.120. The Morgan fingerprint density at radius 1 is 1.43 bits per heavy atom. The first-order valence-corrected chi connectivity index (χ1v) is 5.61. The Bertz CT molecular complexity index is 165. The van der Waals surface area contributed by atoms with Crippen molar-refractivity contribution in [2.75, 3.05) is 32.8 Å². The van der Waals surface area contributed by atoms with Gasteiger partial charge in [0.1, 0.15) is 0 Å². The SMILES string of the molecule is CCOCCCN1CC(O)(C(C)C)C1. The standard InChI is InChI=1S/C11H23NO2/c1-4-14-7-5-6-12-8-11(13,9-12)10(2)3/h10,13H,4-9H2,1-3H3. The van der Waals surface area contributed by atoms with E-state index in [2.05, 4.69) is 18.7 Å². The van der Waals surface area contributed by atoms with Crippen LogP contribution in [0.2, 0.25) is 0 Å². The molecule has 0 aromatic rings. The van der Waals surface area contributed by atoms with Crippen molar-refractivity contribution in [1.82, 2.24) is 4.90 Å². The van der Waals surface area contributed by atoms with Gasteiger partial charge in [0, 0.05) is 32.8 Å². The van der Waals surface area contributed by atoms with Crippen LogP contribution in [0.5, 0.6) is 0 Å². The van der Waals surface area contributed by atoms with Crippen LogP contribution in [0.4, 0.5) is 0 Å². The van der Waals surface area contributed by atoms with E-state index in [-0.39, 0.29) is 0 Å². The van der Waals surface area contributed by atoms with Crippen LogP contribution in [0.15, 0.2) is 0 Å². The molecule has 1 rings (SSSR count). The second kappa shape index (κ2) is 5.10. The van der Waals surface area contributed by atoms with Crippen molar-refractivity contribution in [3.05, 3.63) is 0 Å². The molecule has 1 N–H and O–H groups in total. The van der Waals surface area contributed by atoms with Gasteiger partial charge in [0.2, 0.25) is 0 Å². The van der Waals surface area contributed by atoms with Gasteiger partial charge >= 0.3 is 0 Å². The number of likely N-dealkylation sites (tertiary alicyclic amines) is 1. The highest BCUT2D eigenvalue weighted by atomic mass is 16.5. The first-order valence-electron chi connectivity index (χ1n) is 5.61. The summed E-state index contributed by atoms with van der Waals surface area (Å²) in [4.78, 5) is 2.29. The molecule has 0 atom stereocenters. The minimum Gasteiger partial charge on any atom is -0.387 e. The quantitative estimate of drug-likeness (QED) is 0.654. The lowest BCUT2D eigenvalue weighted by Crippen LogP contribution is -2.64. The molecule has 1 aliphatic heterocycles. The number of aliphatic hydroxyl groups is 1. The third kappa shape index (κ3) is 2.94. The van der Waals surface area contributed by atoms with Crippen LogP contribution >= 0.6 is 0 Å². The van der Waals surface area contributed by atoms with Crippen molar-refractivity contribution < 1.29 is 9.84 Å². The second-order valence-electron chi connectivity index (χ2n) is 4.52. The number of ether oxygens (including phenoxy) is 1. The summed E-state index contributed by atoms with van der Waals surface area (Å²) in [6.07, 6.45) is 1.07. The third-order valence-corrected chi connectivity index (χ3v) is 3.04. The number of hydrogen-bond donors (Lipinski definition) is 1. The molecule has 3 nitrogen and oxygen atoms in total. The summed E-state index contributed by atoms with van der Waals surface area (Å²) in [6, 6.07) is 0. The van der Waals surface area contributed by atoms with Crippen LogP contribution in [0.1, 0.15) is 27.2 Å². The normalized spacial score (nSPS) is 21.2. The first kappa shape index (κ1) is 12.0. The monoisotopic (exact) mass is 201 g/mol. The molecule has 14 heavy (non-hydrogen) atoms. The third-order valence-electron chi connectivity index (χ3n) is 3.04. The first-order chi connectivity index (χ1) is 6.58. The van der Waals surface area contributed by atoms with Crippen LogP contribution in [-0.4, -0.2) is 48.5 Å². The van der Waals surface area contributed by atoms with Crippen molar-refractivity contribution in [1.29, 1.82) is 0 Å². The molecule has 1 heterocycles. The molecule has 0 radical (unpaired) electrons. The second-order valence-corrected chi connectivity index (χ2v) is 4.52. The largest absolute Gasteiger partial charge is 0.387 e. The van der Waals surface area contributed by atoms with E-state index in [4.69, 9.17) is 4.74 Å². The molecule has 0 bridgehead atoms. The summed E-state index contributed by atoms with van der Waals surface area (Å²) in [5, 5.41) is 9.99. The van der Waals surface area contributed by atoms with E-state index in [0.717, 1.165) is 39.3 Å². The van der Waals surface area contributed by atoms with Gasteiger partial charge in [-0.25, -0.2) is 0 Å². The smallest absolute Gasteiger partial charge is 0.0922 e. The highest BCUT2D eigenvalue weighted by Gasteiger charge is 2.42. The van der Waals surface area contributed by atoms with Gasteiger partial charge in [0.25, 0.3) is 0 Å². The minimum atomic E-state index is -0.425. The average Bonchev–Trinajstić information content (AvgIpc) is 2.08.